The van der Waals surface area contributed by atoms with Gasteiger partial charge < -0.3 is 9.73 Å². The van der Waals surface area contributed by atoms with Crippen molar-refractivity contribution in [3.63, 3.8) is 0 Å². The molecule has 6 heteroatoms. The highest BCUT2D eigenvalue weighted by Gasteiger charge is 2.11. The topological polar surface area (TPSA) is 55.1 Å². The van der Waals surface area contributed by atoms with Crippen LogP contribution in [0.2, 0.25) is 10.0 Å². The van der Waals surface area contributed by atoms with E-state index in [0.717, 1.165) is 12.0 Å². The fourth-order valence-corrected chi connectivity index (χ4v) is 2.31. The van der Waals surface area contributed by atoms with Crippen molar-refractivity contribution in [1.82, 2.24) is 10.3 Å². The fraction of sp³-hybridized carbons (Fsp3) is 0.333. The zero-order valence-corrected chi connectivity index (χ0v) is 13.2. The number of halogens is 2. The average molecular weight is 327 g/mol. The summed E-state index contributed by atoms with van der Waals surface area (Å²) in [4.78, 5) is 15.7. The lowest BCUT2D eigenvalue weighted by molar-refractivity contribution is -0.121. The summed E-state index contributed by atoms with van der Waals surface area (Å²) in [7, 11) is 0. The molecule has 0 aliphatic rings. The maximum atomic E-state index is 11.5. The molecule has 0 saturated heterocycles. The number of nitrogens with zero attached hydrogens (tertiary/aromatic N) is 1. The number of nitrogens with one attached hydrogen (secondary N) is 1. The molecule has 0 fully saturated rings. The maximum absolute atomic E-state index is 11.5. The summed E-state index contributed by atoms with van der Waals surface area (Å²) in [5.74, 6) is 1.09. The normalized spacial score (nSPS) is 10.6. The van der Waals surface area contributed by atoms with Gasteiger partial charge in [-0.3, -0.25) is 4.79 Å². The summed E-state index contributed by atoms with van der Waals surface area (Å²) >= 11 is 12.0. The van der Waals surface area contributed by atoms with Gasteiger partial charge in [0.25, 0.3) is 0 Å². The van der Waals surface area contributed by atoms with Crippen LogP contribution >= 0.6 is 23.2 Å². The van der Waals surface area contributed by atoms with Gasteiger partial charge in [0.05, 0.1) is 11.2 Å². The lowest BCUT2D eigenvalue weighted by atomic mass is 10.2. The van der Waals surface area contributed by atoms with Crippen LogP contribution in [0.15, 0.2) is 28.8 Å². The molecule has 21 heavy (non-hydrogen) atoms. The highest BCUT2D eigenvalue weighted by Crippen LogP contribution is 2.30. The van der Waals surface area contributed by atoms with Crippen LogP contribution in [-0.4, -0.2) is 17.4 Å². The van der Waals surface area contributed by atoms with E-state index in [9.17, 15) is 4.79 Å². The number of carbonyl (C=O) groups is 1. The third-order valence-electron chi connectivity index (χ3n) is 2.89. The van der Waals surface area contributed by atoms with Gasteiger partial charge in [-0.05, 0) is 24.6 Å². The highest BCUT2D eigenvalue weighted by atomic mass is 35.5. The van der Waals surface area contributed by atoms with Crippen LogP contribution in [0, 0.1) is 0 Å². The summed E-state index contributed by atoms with van der Waals surface area (Å²) in [6.07, 6.45) is 3.34. The number of aromatic nitrogens is 1. The van der Waals surface area contributed by atoms with Crippen LogP contribution in [0.25, 0.3) is 11.3 Å². The average Bonchev–Trinajstić information content (AvgIpc) is 2.91. The van der Waals surface area contributed by atoms with Gasteiger partial charge in [-0.25, -0.2) is 4.98 Å². The lowest BCUT2D eigenvalue weighted by Crippen LogP contribution is -2.24. The number of hydrogen-bond acceptors (Lipinski definition) is 3. The SMILES string of the molecule is CCCNC(=O)CCc1ncc(-c2ccc(Cl)cc2Cl)o1. The third-order valence-corrected chi connectivity index (χ3v) is 3.44. The van der Waals surface area contributed by atoms with Gasteiger partial charge in [-0.15, -0.1) is 0 Å². The van der Waals surface area contributed by atoms with Crippen molar-refractivity contribution in [3.8, 4) is 11.3 Å². The van der Waals surface area contributed by atoms with Crippen molar-refractivity contribution >= 4 is 29.1 Å². The molecule has 0 unspecified atom stereocenters. The van der Waals surface area contributed by atoms with Crippen LogP contribution in [0.3, 0.4) is 0 Å². The van der Waals surface area contributed by atoms with Crippen molar-refractivity contribution in [1.29, 1.82) is 0 Å². The van der Waals surface area contributed by atoms with E-state index in [4.69, 9.17) is 27.6 Å². The minimum Gasteiger partial charge on any atom is -0.441 e. The summed E-state index contributed by atoms with van der Waals surface area (Å²) in [6.45, 7) is 2.70. The number of aryl methyl sites for hydroxylation is 1. The van der Waals surface area contributed by atoms with Crippen LogP contribution in [0.1, 0.15) is 25.7 Å². The molecular formula is C15H16Cl2N2O2. The molecular weight excluding hydrogens is 311 g/mol. The van der Waals surface area contributed by atoms with E-state index in [-0.39, 0.29) is 5.91 Å². The first-order valence-corrected chi connectivity index (χ1v) is 7.52. The van der Waals surface area contributed by atoms with Crippen LogP contribution in [0.4, 0.5) is 0 Å². The Hall–Kier alpha value is -1.52. The van der Waals surface area contributed by atoms with Crippen LogP contribution in [-0.2, 0) is 11.2 Å². The minimum atomic E-state index is 0.00104. The predicted molar refractivity (Wildman–Crippen MR) is 83.6 cm³/mol. The Morgan fingerprint density at radius 1 is 1.38 bits per heavy atom. The molecule has 1 aromatic carbocycles. The predicted octanol–water partition coefficient (Wildman–Crippen LogP) is 4.11. The van der Waals surface area contributed by atoms with Gasteiger partial charge in [0, 0.05) is 30.0 Å². The van der Waals surface area contributed by atoms with Gasteiger partial charge in [-0.1, -0.05) is 30.1 Å². The molecule has 2 aromatic rings. The van der Waals surface area contributed by atoms with Crippen molar-refractivity contribution in [2.45, 2.75) is 26.2 Å². The quantitative estimate of drug-likeness (QED) is 0.869. The second kappa shape index (κ2) is 7.48. The summed E-state index contributed by atoms with van der Waals surface area (Å²) in [5, 5.41) is 3.88. The zero-order valence-electron chi connectivity index (χ0n) is 11.7. The van der Waals surface area contributed by atoms with Crippen molar-refractivity contribution < 1.29 is 9.21 Å². The smallest absolute Gasteiger partial charge is 0.220 e. The molecule has 0 saturated carbocycles. The zero-order chi connectivity index (χ0) is 15.2. The fourth-order valence-electron chi connectivity index (χ4n) is 1.81. The molecule has 0 radical (unpaired) electrons. The molecule has 0 aliphatic carbocycles. The first-order chi connectivity index (χ1) is 10.1. The van der Waals surface area contributed by atoms with Gasteiger partial charge in [0.15, 0.2) is 11.7 Å². The number of carbonyl (C=O) groups excluding carboxylic acids is 1. The molecule has 1 amide bonds. The Balaban J connectivity index is 1.99. The molecule has 4 nitrogen and oxygen atoms in total. The second-order valence-electron chi connectivity index (χ2n) is 4.59. The Morgan fingerprint density at radius 2 is 2.19 bits per heavy atom. The van der Waals surface area contributed by atoms with E-state index in [1.807, 2.05) is 6.92 Å². The highest BCUT2D eigenvalue weighted by molar-refractivity contribution is 6.36. The van der Waals surface area contributed by atoms with Gasteiger partial charge in [-0.2, -0.15) is 0 Å². The summed E-state index contributed by atoms with van der Waals surface area (Å²) in [6, 6.07) is 5.17. The molecule has 1 N–H and O–H groups in total. The molecule has 1 aromatic heterocycles. The van der Waals surface area contributed by atoms with Gasteiger partial charge in [0.1, 0.15) is 0 Å². The third kappa shape index (κ3) is 4.48. The monoisotopic (exact) mass is 326 g/mol. The van der Waals surface area contributed by atoms with Crippen LogP contribution in [0.5, 0.6) is 0 Å². The summed E-state index contributed by atoms with van der Waals surface area (Å²) in [5.41, 5.74) is 0.732. The van der Waals surface area contributed by atoms with E-state index >= 15 is 0 Å². The maximum Gasteiger partial charge on any atom is 0.220 e. The molecule has 0 aliphatic heterocycles. The molecule has 112 valence electrons. The number of rotatable bonds is 6. The van der Waals surface area contributed by atoms with Crippen molar-refractivity contribution in [3.05, 3.63) is 40.3 Å². The number of oxazole rings is 1. The van der Waals surface area contributed by atoms with Gasteiger partial charge >= 0.3 is 0 Å². The molecule has 2 rings (SSSR count). The van der Waals surface area contributed by atoms with E-state index in [1.165, 1.54) is 0 Å². The lowest BCUT2D eigenvalue weighted by Gasteiger charge is -2.02. The van der Waals surface area contributed by atoms with Crippen molar-refractivity contribution in [2.24, 2.45) is 0 Å². The van der Waals surface area contributed by atoms with E-state index in [1.54, 1.807) is 24.4 Å². The minimum absolute atomic E-state index is 0.00104. The van der Waals surface area contributed by atoms with Crippen molar-refractivity contribution in [2.75, 3.05) is 6.54 Å². The second-order valence-corrected chi connectivity index (χ2v) is 5.44. The van der Waals surface area contributed by atoms with E-state index in [0.29, 0.717) is 41.1 Å². The van der Waals surface area contributed by atoms with Crippen LogP contribution < -0.4 is 5.32 Å². The molecule has 1 heterocycles. The first kappa shape index (κ1) is 15.9. The number of benzene rings is 1. The van der Waals surface area contributed by atoms with E-state index < -0.39 is 0 Å². The Morgan fingerprint density at radius 3 is 2.90 bits per heavy atom. The Kier molecular flexibility index (Phi) is 5.65. The van der Waals surface area contributed by atoms with Gasteiger partial charge in [0.2, 0.25) is 5.91 Å². The molecule has 0 bridgehead atoms. The first-order valence-electron chi connectivity index (χ1n) is 6.77. The largest absolute Gasteiger partial charge is 0.441 e. The summed E-state index contributed by atoms with van der Waals surface area (Å²) < 4.78 is 5.63. The Bertz CT molecular complexity index is 626. The van der Waals surface area contributed by atoms with E-state index in [2.05, 4.69) is 10.3 Å². The molecule has 0 spiro atoms. The Labute approximate surface area is 133 Å². The standard InChI is InChI=1S/C15H16Cl2N2O2/c1-2-7-18-14(20)5-6-15-19-9-13(21-15)11-4-3-10(16)8-12(11)17/h3-4,8-9H,2,5-7H2,1H3,(H,18,20). The number of hydrogen-bond donors (Lipinski definition) is 1. The number of amides is 1. The molecule has 0 atom stereocenters.